The van der Waals surface area contributed by atoms with Gasteiger partial charge in [0.2, 0.25) is 0 Å². The first-order valence-corrected chi connectivity index (χ1v) is 6.40. The maximum absolute atomic E-state index is 12.0. The lowest BCUT2D eigenvalue weighted by Gasteiger charge is -2.08. The van der Waals surface area contributed by atoms with E-state index in [1.54, 1.807) is 30.3 Å². The van der Waals surface area contributed by atoms with E-state index in [1.807, 2.05) is 12.1 Å². The molecule has 2 aromatic carbocycles. The molecule has 0 atom stereocenters. The Morgan fingerprint density at radius 2 is 1.79 bits per heavy atom. The molecule has 3 N–H and O–H groups in total. The summed E-state index contributed by atoms with van der Waals surface area (Å²) in [6.07, 6.45) is 0. The Labute approximate surface area is 121 Å². The van der Waals surface area contributed by atoms with E-state index in [4.69, 9.17) is 28.9 Å². The summed E-state index contributed by atoms with van der Waals surface area (Å²) in [4.78, 5) is 12.0. The van der Waals surface area contributed by atoms with Crippen LogP contribution in [-0.4, -0.2) is 5.91 Å². The van der Waals surface area contributed by atoms with Crippen LogP contribution in [-0.2, 0) is 6.54 Å². The van der Waals surface area contributed by atoms with E-state index in [0.29, 0.717) is 22.8 Å². The van der Waals surface area contributed by atoms with Gasteiger partial charge in [-0.05, 0) is 29.8 Å². The first-order chi connectivity index (χ1) is 9.08. The second-order valence-corrected chi connectivity index (χ2v) is 4.83. The Hall–Kier alpha value is -1.71. The van der Waals surface area contributed by atoms with Gasteiger partial charge in [-0.1, -0.05) is 41.4 Å². The van der Waals surface area contributed by atoms with E-state index in [-0.39, 0.29) is 10.9 Å². The molecule has 0 radical (unpaired) electrons. The fourth-order valence-electron chi connectivity index (χ4n) is 1.61. The van der Waals surface area contributed by atoms with Crippen molar-refractivity contribution in [1.29, 1.82) is 0 Å². The van der Waals surface area contributed by atoms with Gasteiger partial charge in [-0.15, -0.1) is 0 Å². The molecular weight excluding hydrogens is 283 g/mol. The summed E-state index contributed by atoms with van der Waals surface area (Å²) in [6, 6.07) is 12.2. The van der Waals surface area contributed by atoms with Crippen LogP contribution in [0.3, 0.4) is 0 Å². The van der Waals surface area contributed by atoms with Gasteiger partial charge in [0, 0.05) is 11.6 Å². The van der Waals surface area contributed by atoms with Gasteiger partial charge in [0.15, 0.2) is 0 Å². The lowest BCUT2D eigenvalue weighted by Crippen LogP contribution is -2.23. The number of rotatable bonds is 3. The number of nitrogen functional groups attached to an aromatic ring is 1. The Morgan fingerprint density at radius 1 is 1.11 bits per heavy atom. The number of carbonyl (C=O) groups excluding carboxylic acids is 1. The number of amides is 1. The molecule has 3 nitrogen and oxygen atoms in total. The van der Waals surface area contributed by atoms with Gasteiger partial charge in [0.1, 0.15) is 0 Å². The van der Waals surface area contributed by atoms with Crippen LogP contribution in [0, 0.1) is 0 Å². The number of benzene rings is 2. The van der Waals surface area contributed by atoms with Gasteiger partial charge in [-0.2, -0.15) is 0 Å². The summed E-state index contributed by atoms with van der Waals surface area (Å²) in [5.41, 5.74) is 7.37. The molecule has 2 rings (SSSR count). The highest BCUT2D eigenvalue weighted by Crippen LogP contribution is 2.22. The van der Waals surface area contributed by atoms with Crippen molar-refractivity contribution in [2.75, 3.05) is 5.73 Å². The van der Waals surface area contributed by atoms with Gasteiger partial charge in [-0.3, -0.25) is 4.79 Å². The molecular formula is C14H12Cl2N2O. The molecule has 5 heteroatoms. The van der Waals surface area contributed by atoms with Crippen LogP contribution < -0.4 is 11.1 Å². The predicted octanol–water partition coefficient (Wildman–Crippen LogP) is 3.51. The van der Waals surface area contributed by atoms with Crippen LogP contribution in [0.4, 0.5) is 5.69 Å². The lowest BCUT2D eigenvalue weighted by atomic mass is 10.1. The monoisotopic (exact) mass is 294 g/mol. The van der Waals surface area contributed by atoms with Crippen molar-refractivity contribution in [2.24, 2.45) is 0 Å². The van der Waals surface area contributed by atoms with Crippen molar-refractivity contribution in [3.05, 3.63) is 63.6 Å². The quantitative estimate of drug-likeness (QED) is 0.851. The molecule has 0 heterocycles. The number of hydrogen-bond acceptors (Lipinski definition) is 2. The number of carbonyl (C=O) groups is 1. The minimum absolute atomic E-state index is 0.257. The van der Waals surface area contributed by atoms with Crippen molar-refractivity contribution in [2.45, 2.75) is 6.54 Å². The number of halogens is 2. The summed E-state index contributed by atoms with van der Waals surface area (Å²) >= 11 is 11.8. The zero-order valence-corrected chi connectivity index (χ0v) is 11.5. The van der Waals surface area contributed by atoms with Gasteiger partial charge in [-0.25, -0.2) is 0 Å². The molecule has 19 heavy (non-hydrogen) atoms. The van der Waals surface area contributed by atoms with E-state index < -0.39 is 0 Å². The Morgan fingerprint density at radius 3 is 2.47 bits per heavy atom. The Balaban J connectivity index is 2.05. The van der Waals surface area contributed by atoms with Crippen LogP contribution in [0.25, 0.3) is 0 Å². The molecule has 0 saturated carbocycles. The number of nitrogens with two attached hydrogens (primary N) is 1. The fraction of sp³-hybridized carbons (Fsp3) is 0.0714. The van der Waals surface area contributed by atoms with Crippen LogP contribution in [0.15, 0.2) is 42.5 Å². The predicted molar refractivity (Wildman–Crippen MR) is 78.5 cm³/mol. The molecule has 98 valence electrons. The van der Waals surface area contributed by atoms with Gasteiger partial charge < -0.3 is 11.1 Å². The maximum Gasteiger partial charge on any atom is 0.253 e. The number of nitrogens with one attached hydrogen (secondary N) is 1. The molecule has 0 saturated heterocycles. The fourth-order valence-corrected chi connectivity index (χ4v) is 1.94. The zero-order chi connectivity index (χ0) is 13.8. The molecule has 1 amide bonds. The number of hydrogen-bond donors (Lipinski definition) is 2. The van der Waals surface area contributed by atoms with Crippen LogP contribution in [0.1, 0.15) is 15.9 Å². The molecule has 2 aromatic rings. The van der Waals surface area contributed by atoms with Crippen molar-refractivity contribution in [3.63, 3.8) is 0 Å². The van der Waals surface area contributed by atoms with Gasteiger partial charge >= 0.3 is 0 Å². The third-order valence-electron chi connectivity index (χ3n) is 2.64. The van der Waals surface area contributed by atoms with E-state index in [1.165, 1.54) is 0 Å². The van der Waals surface area contributed by atoms with E-state index >= 15 is 0 Å². The van der Waals surface area contributed by atoms with Crippen molar-refractivity contribution < 1.29 is 4.79 Å². The molecule has 0 bridgehead atoms. The third-order valence-corrected chi connectivity index (χ3v) is 3.31. The van der Waals surface area contributed by atoms with Crippen LogP contribution >= 0.6 is 23.2 Å². The minimum atomic E-state index is -0.257. The standard InChI is InChI=1S/C14H12Cl2N2O/c15-10-6-4-9(5-7-10)8-18-14(19)11-2-1-3-12(17)13(11)16/h1-7H,8,17H2,(H,18,19). The maximum atomic E-state index is 12.0. The van der Waals surface area contributed by atoms with Gasteiger partial charge in [0.25, 0.3) is 5.91 Å². The van der Waals surface area contributed by atoms with E-state index in [0.717, 1.165) is 5.56 Å². The van der Waals surface area contributed by atoms with Gasteiger partial charge in [0.05, 0.1) is 16.3 Å². The molecule has 0 spiro atoms. The summed E-state index contributed by atoms with van der Waals surface area (Å²) in [5.74, 6) is -0.257. The van der Waals surface area contributed by atoms with Crippen molar-refractivity contribution in [3.8, 4) is 0 Å². The summed E-state index contributed by atoms with van der Waals surface area (Å²) in [5, 5.41) is 3.72. The molecule has 0 aliphatic heterocycles. The molecule has 0 aromatic heterocycles. The smallest absolute Gasteiger partial charge is 0.253 e. The summed E-state index contributed by atoms with van der Waals surface area (Å²) < 4.78 is 0. The molecule has 0 aliphatic rings. The van der Waals surface area contributed by atoms with Crippen LogP contribution in [0.5, 0.6) is 0 Å². The number of anilines is 1. The second kappa shape index (κ2) is 5.95. The average molecular weight is 295 g/mol. The van der Waals surface area contributed by atoms with Crippen molar-refractivity contribution in [1.82, 2.24) is 5.32 Å². The van der Waals surface area contributed by atoms with E-state index in [9.17, 15) is 4.79 Å². The summed E-state index contributed by atoms with van der Waals surface area (Å²) in [6.45, 7) is 0.404. The normalized spacial score (nSPS) is 10.2. The first-order valence-electron chi connectivity index (χ1n) is 5.64. The van der Waals surface area contributed by atoms with Crippen molar-refractivity contribution >= 4 is 34.8 Å². The Bertz CT molecular complexity index is 597. The highest BCUT2D eigenvalue weighted by atomic mass is 35.5. The SMILES string of the molecule is Nc1cccc(C(=O)NCc2ccc(Cl)cc2)c1Cl. The average Bonchev–Trinajstić information content (AvgIpc) is 2.41. The minimum Gasteiger partial charge on any atom is -0.398 e. The molecule has 0 fully saturated rings. The zero-order valence-electron chi connectivity index (χ0n) is 9.99. The third kappa shape index (κ3) is 3.40. The second-order valence-electron chi connectivity index (χ2n) is 4.02. The highest BCUT2D eigenvalue weighted by molar-refractivity contribution is 6.36. The first kappa shape index (κ1) is 13.7. The largest absolute Gasteiger partial charge is 0.398 e. The Kier molecular flexibility index (Phi) is 4.30. The lowest BCUT2D eigenvalue weighted by molar-refractivity contribution is 0.0951. The molecule has 0 aliphatic carbocycles. The molecule has 0 unspecified atom stereocenters. The van der Waals surface area contributed by atoms with E-state index in [2.05, 4.69) is 5.32 Å². The topological polar surface area (TPSA) is 55.1 Å². The summed E-state index contributed by atoms with van der Waals surface area (Å²) in [7, 11) is 0. The van der Waals surface area contributed by atoms with Crippen LogP contribution in [0.2, 0.25) is 10.0 Å². The highest BCUT2D eigenvalue weighted by Gasteiger charge is 2.11.